The summed E-state index contributed by atoms with van der Waals surface area (Å²) in [5, 5.41) is 0. The van der Waals surface area contributed by atoms with Crippen LogP contribution in [-0.2, 0) is 16.0 Å². The van der Waals surface area contributed by atoms with Crippen LogP contribution in [0, 0.1) is 5.92 Å². The lowest BCUT2D eigenvalue weighted by Gasteiger charge is -2.33. The van der Waals surface area contributed by atoms with Gasteiger partial charge in [0.25, 0.3) is 0 Å². The fraction of sp³-hybridized carbons (Fsp3) is 0.467. The summed E-state index contributed by atoms with van der Waals surface area (Å²) in [7, 11) is 0. The highest BCUT2D eigenvalue weighted by Crippen LogP contribution is 2.17. The van der Waals surface area contributed by atoms with Crippen molar-refractivity contribution in [3.63, 3.8) is 0 Å². The Hall–Kier alpha value is -1.88. The van der Waals surface area contributed by atoms with Crippen LogP contribution in [0.1, 0.15) is 18.4 Å². The van der Waals surface area contributed by atoms with Crippen molar-refractivity contribution < 1.29 is 9.59 Å². The van der Waals surface area contributed by atoms with E-state index in [-0.39, 0.29) is 17.7 Å². The fourth-order valence-electron chi connectivity index (χ4n) is 2.60. The second-order valence-corrected chi connectivity index (χ2v) is 5.32. The van der Waals surface area contributed by atoms with Gasteiger partial charge >= 0.3 is 0 Å². The van der Waals surface area contributed by atoms with E-state index in [4.69, 9.17) is 11.5 Å². The average Bonchev–Trinajstić information content (AvgIpc) is 2.47. The molecule has 0 bridgehead atoms. The Morgan fingerprint density at radius 2 is 2.00 bits per heavy atom. The molecule has 0 saturated carbocycles. The number of hydrogen-bond acceptors (Lipinski definition) is 3. The average molecular weight is 275 g/mol. The Bertz CT molecular complexity index is 475. The van der Waals surface area contributed by atoms with Crippen molar-refractivity contribution in [2.45, 2.75) is 25.3 Å². The van der Waals surface area contributed by atoms with Gasteiger partial charge in [0.2, 0.25) is 11.8 Å². The van der Waals surface area contributed by atoms with Crippen molar-refractivity contribution in [1.82, 2.24) is 4.90 Å². The van der Waals surface area contributed by atoms with Crippen LogP contribution in [0.5, 0.6) is 0 Å². The van der Waals surface area contributed by atoms with Gasteiger partial charge in [-0.2, -0.15) is 0 Å². The lowest BCUT2D eigenvalue weighted by Crippen LogP contribution is -2.50. The van der Waals surface area contributed by atoms with E-state index in [1.165, 1.54) is 0 Å². The van der Waals surface area contributed by atoms with Gasteiger partial charge in [-0.25, -0.2) is 0 Å². The van der Waals surface area contributed by atoms with Crippen molar-refractivity contribution in [3.8, 4) is 0 Å². The Balaban J connectivity index is 1.94. The smallest absolute Gasteiger partial charge is 0.239 e. The maximum Gasteiger partial charge on any atom is 0.239 e. The topological polar surface area (TPSA) is 89.4 Å². The van der Waals surface area contributed by atoms with Crippen LogP contribution in [0.25, 0.3) is 0 Å². The van der Waals surface area contributed by atoms with Crippen LogP contribution in [0.4, 0.5) is 0 Å². The number of piperidine rings is 1. The quantitative estimate of drug-likeness (QED) is 0.827. The first-order valence-corrected chi connectivity index (χ1v) is 6.95. The van der Waals surface area contributed by atoms with Gasteiger partial charge in [-0.1, -0.05) is 30.3 Å². The third kappa shape index (κ3) is 3.57. The van der Waals surface area contributed by atoms with Crippen molar-refractivity contribution in [2.75, 3.05) is 13.1 Å². The number of primary amides is 1. The molecular weight excluding hydrogens is 254 g/mol. The molecule has 1 aliphatic rings. The number of nitrogens with zero attached hydrogens (tertiary/aromatic N) is 1. The first kappa shape index (κ1) is 14.5. The Morgan fingerprint density at radius 1 is 1.30 bits per heavy atom. The largest absolute Gasteiger partial charge is 0.369 e. The molecule has 0 aromatic heterocycles. The summed E-state index contributed by atoms with van der Waals surface area (Å²) in [6.45, 7) is 1.06. The van der Waals surface area contributed by atoms with E-state index in [1.54, 1.807) is 4.90 Å². The maximum absolute atomic E-state index is 12.3. The predicted molar refractivity (Wildman–Crippen MR) is 76.6 cm³/mol. The second-order valence-electron chi connectivity index (χ2n) is 5.32. The number of benzene rings is 1. The molecule has 2 atom stereocenters. The minimum atomic E-state index is -0.566. The summed E-state index contributed by atoms with van der Waals surface area (Å²) in [5.41, 5.74) is 12.4. The minimum absolute atomic E-state index is 0.0974. The van der Waals surface area contributed by atoms with Gasteiger partial charge in [0, 0.05) is 13.1 Å². The maximum atomic E-state index is 12.3. The van der Waals surface area contributed by atoms with Crippen LogP contribution in [-0.4, -0.2) is 35.8 Å². The number of likely N-dealkylation sites (tertiary alicyclic amines) is 1. The zero-order valence-electron chi connectivity index (χ0n) is 11.5. The van der Waals surface area contributed by atoms with Crippen LogP contribution >= 0.6 is 0 Å². The van der Waals surface area contributed by atoms with Gasteiger partial charge in [-0.05, 0) is 24.8 Å². The van der Waals surface area contributed by atoms with Crippen LogP contribution in [0.15, 0.2) is 30.3 Å². The zero-order valence-corrected chi connectivity index (χ0v) is 11.5. The van der Waals surface area contributed by atoms with E-state index >= 15 is 0 Å². The number of hydrogen-bond donors (Lipinski definition) is 2. The summed E-state index contributed by atoms with van der Waals surface area (Å²) in [6, 6.07) is 9.13. The lowest BCUT2D eigenvalue weighted by molar-refractivity contribution is -0.136. The zero-order chi connectivity index (χ0) is 14.5. The molecule has 0 radical (unpaired) electrons. The molecule has 20 heavy (non-hydrogen) atoms. The van der Waals surface area contributed by atoms with Crippen molar-refractivity contribution in [2.24, 2.45) is 17.4 Å². The van der Waals surface area contributed by atoms with Gasteiger partial charge in [0.05, 0.1) is 12.0 Å². The first-order chi connectivity index (χ1) is 9.58. The molecule has 2 amide bonds. The molecule has 0 aliphatic carbocycles. The molecule has 1 aromatic rings. The Labute approximate surface area is 118 Å². The number of amides is 2. The van der Waals surface area contributed by atoms with E-state index in [9.17, 15) is 9.59 Å². The summed E-state index contributed by atoms with van der Waals surface area (Å²) in [6.07, 6.45) is 2.07. The molecule has 108 valence electrons. The number of carbonyl (C=O) groups excluding carboxylic acids is 2. The Morgan fingerprint density at radius 3 is 2.65 bits per heavy atom. The van der Waals surface area contributed by atoms with Crippen LogP contribution < -0.4 is 11.5 Å². The highest BCUT2D eigenvalue weighted by molar-refractivity contribution is 5.83. The first-order valence-electron chi connectivity index (χ1n) is 6.95. The summed E-state index contributed by atoms with van der Waals surface area (Å²) < 4.78 is 0. The van der Waals surface area contributed by atoms with Crippen LogP contribution in [0.3, 0.4) is 0 Å². The Kier molecular flexibility index (Phi) is 4.74. The lowest BCUT2D eigenvalue weighted by atomic mass is 9.96. The molecular formula is C15H21N3O2. The molecule has 4 N–H and O–H groups in total. The molecule has 5 nitrogen and oxygen atoms in total. The van der Waals surface area contributed by atoms with E-state index < -0.39 is 6.04 Å². The second kappa shape index (κ2) is 6.52. The normalized spacial score (nSPS) is 20.4. The van der Waals surface area contributed by atoms with Crippen molar-refractivity contribution in [3.05, 3.63) is 35.9 Å². The van der Waals surface area contributed by atoms with E-state index in [1.807, 2.05) is 30.3 Å². The minimum Gasteiger partial charge on any atom is -0.369 e. The van der Waals surface area contributed by atoms with E-state index in [0.29, 0.717) is 19.5 Å². The molecule has 1 saturated heterocycles. The highest BCUT2D eigenvalue weighted by atomic mass is 16.2. The van der Waals surface area contributed by atoms with Crippen LogP contribution in [0.2, 0.25) is 0 Å². The van der Waals surface area contributed by atoms with Gasteiger partial charge < -0.3 is 16.4 Å². The number of rotatable bonds is 4. The standard InChI is InChI=1S/C15H21N3O2/c16-13(9-11-5-2-1-3-6-11)15(20)18-8-4-7-12(10-18)14(17)19/h1-3,5-6,12-13H,4,7-10,16H2,(H2,17,19). The fourth-order valence-corrected chi connectivity index (χ4v) is 2.60. The van der Waals surface area contributed by atoms with Gasteiger partial charge in [0.15, 0.2) is 0 Å². The molecule has 1 aromatic carbocycles. The van der Waals surface area contributed by atoms with Gasteiger partial charge in [0.1, 0.15) is 0 Å². The molecule has 0 spiro atoms. The summed E-state index contributed by atoms with van der Waals surface area (Å²) in [5.74, 6) is -0.671. The van der Waals surface area contributed by atoms with E-state index in [0.717, 1.165) is 18.4 Å². The molecule has 5 heteroatoms. The van der Waals surface area contributed by atoms with Crippen molar-refractivity contribution in [1.29, 1.82) is 0 Å². The highest BCUT2D eigenvalue weighted by Gasteiger charge is 2.29. The third-order valence-corrected chi connectivity index (χ3v) is 3.75. The molecule has 2 unspecified atom stereocenters. The third-order valence-electron chi connectivity index (χ3n) is 3.75. The molecule has 1 fully saturated rings. The summed E-state index contributed by atoms with van der Waals surface area (Å²) >= 11 is 0. The number of nitrogens with two attached hydrogens (primary N) is 2. The SMILES string of the molecule is NC(=O)C1CCCN(C(=O)C(N)Cc2ccccc2)C1. The molecule has 2 rings (SSSR count). The monoisotopic (exact) mass is 275 g/mol. The number of carbonyl (C=O) groups is 2. The van der Waals surface area contributed by atoms with Crippen molar-refractivity contribution >= 4 is 11.8 Å². The van der Waals surface area contributed by atoms with Gasteiger partial charge in [-0.15, -0.1) is 0 Å². The molecule has 1 heterocycles. The predicted octanol–water partition coefficient (Wildman–Crippen LogP) is 0.280. The molecule has 1 aliphatic heterocycles. The van der Waals surface area contributed by atoms with Gasteiger partial charge in [-0.3, -0.25) is 9.59 Å². The van der Waals surface area contributed by atoms with E-state index in [2.05, 4.69) is 0 Å². The summed E-state index contributed by atoms with van der Waals surface area (Å²) in [4.78, 5) is 25.2.